The molecule has 1 aromatic rings. The third-order valence-corrected chi connectivity index (χ3v) is 11.9. The van der Waals surface area contributed by atoms with Crippen LogP contribution in [0.15, 0.2) is 34.4 Å². The molecule has 1 aromatic heterocycles. The lowest BCUT2D eigenvalue weighted by atomic mass is 9.44. The van der Waals surface area contributed by atoms with Gasteiger partial charge in [-0.3, -0.25) is 14.4 Å². The summed E-state index contributed by atoms with van der Waals surface area (Å²) in [5.41, 5.74) is -6.83. The van der Waals surface area contributed by atoms with Crippen molar-refractivity contribution in [1.82, 2.24) is 5.16 Å². The highest BCUT2D eigenvalue weighted by Crippen LogP contribution is 2.72. The topological polar surface area (TPSA) is 133 Å². The zero-order chi connectivity index (χ0) is 30.4. The largest absolute Gasteiger partial charge is 0.465 e. The molecule has 2 heterocycles. The highest BCUT2D eigenvalue weighted by atomic mass is 32.2. The van der Waals surface area contributed by atoms with Crippen molar-refractivity contribution < 1.29 is 47.1 Å². The number of halogens is 2. The van der Waals surface area contributed by atoms with Gasteiger partial charge < -0.3 is 19.1 Å². The first-order valence-corrected chi connectivity index (χ1v) is 15.1. The third-order valence-electron chi connectivity index (χ3n) is 10.7. The van der Waals surface area contributed by atoms with E-state index in [9.17, 15) is 24.3 Å². The number of cyclic esters (lactones) is 1. The minimum absolute atomic E-state index is 0.00722. The predicted octanol–water partition coefficient (Wildman–Crippen LogP) is 4.02. The van der Waals surface area contributed by atoms with Gasteiger partial charge in [0.15, 0.2) is 17.1 Å². The van der Waals surface area contributed by atoms with Crippen LogP contribution in [0.3, 0.4) is 0 Å². The Bertz CT molecular complexity index is 1440. The first kappa shape index (κ1) is 29.2. The van der Waals surface area contributed by atoms with E-state index in [0.29, 0.717) is 17.5 Å². The molecule has 5 aliphatic rings. The summed E-state index contributed by atoms with van der Waals surface area (Å²) in [6, 6.07) is 1.37. The van der Waals surface area contributed by atoms with Crippen LogP contribution in [0.4, 0.5) is 8.78 Å². The summed E-state index contributed by atoms with van der Waals surface area (Å²) in [6.45, 7) is 6.65. The lowest BCUT2D eigenvalue weighted by Crippen LogP contribution is -2.70. The monoisotopic (exact) mass is 605 g/mol. The van der Waals surface area contributed by atoms with Crippen LogP contribution in [-0.4, -0.2) is 68.5 Å². The molecular weight excluding hydrogens is 572 g/mol. The summed E-state index contributed by atoms with van der Waals surface area (Å²) in [7, 11) is 0. The van der Waals surface area contributed by atoms with Gasteiger partial charge >= 0.3 is 11.9 Å². The summed E-state index contributed by atoms with van der Waals surface area (Å²) in [6.07, 6.45) is 0.176. The number of fused-ring (bicyclic) bond motifs is 5. The molecule has 4 aliphatic carbocycles. The third kappa shape index (κ3) is 3.72. The molecule has 0 radical (unpaired) electrons. The molecule has 226 valence electrons. The van der Waals surface area contributed by atoms with Crippen LogP contribution in [-0.2, 0) is 23.9 Å². The lowest BCUT2D eigenvalue weighted by Gasteiger charge is -2.63. The molecule has 0 bridgehead atoms. The molecule has 1 saturated heterocycles. The maximum Gasteiger partial charge on any atom is 0.378 e. The molecule has 10 atom stereocenters. The summed E-state index contributed by atoms with van der Waals surface area (Å²) < 4.78 is 49.8. The molecule has 0 unspecified atom stereocenters. The van der Waals surface area contributed by atoms with Crippen LogP contribution in [0.1, 0.15) is 62.7 Å². The fraction of sp³-hybridized carbons (Fsp3) is 0.633. The van der Waals surface area contributed by atoms with E-state index < -0.39 is 80.2 Å². The Hall–Kier alpha value is -2.86. The molecule has 6 rings (SSSR count). The van der Waals surface area contributed by atoms with E-state index in [1.54, 1.807) is 20.8 Å². The number of ketones is 1. The minimum atomic E-state index is -2.36. The Morgan fingerprint density at radius 3 is 2.60 bits per heavy atom. The smallest absolute Gasteiger partial charge is 0.378 e. The van der Waals surface area contributed by atoms with E-state index in [1.165, 1.54) is 25.1 Å². The number of allylic oxidation sites excluding steroid dienone is 4. The Morgan fingerprint density at radius 1 is 1.21 bits per heavy atom. The van der Waals surface area contributed by atoms with Gasteiger partial charge in [0.25, 0.3) is 0 Å². The number of carbonyl (C=O) groups excluding carboxylic acids is 4. The molecule has 42 heavy (non-hydrogen) atoms. The fourth-order valence-electron chi connectivity index (χ4n) is 8.68. The van der Waals surface area contributed by atoms with Crippen molar-refractivity contribution >= 4 is 34.6 Å². The number of hydrogen-bond acceptors (Lipinski definition) is 10. The van der Waals surface area contributed by atoms with Gasteiger partial charge in [-0.1, -0.05) is 36.8 Å². The van der Waals surface area contributed by atoms with Gasteiger partial charge in [-0.05, 0) is 56.8 Å². The Kier molecular flexibility index (Phi) is 6.66. The van der Waals surface area contributed by atoms with E-state index in [4.69, 9.17) is 14.0 Å². The maximum atomic E-state index is 17.6. The van der Waals surface area contributed by atoms with Crippen molar-refractivity contribution in [2.75, 3.05) is 6.61 Å². The van der Waals surface area contributed by atoms with Crippen LogP contribution in [0.2, 0.25) is 0 Å². The standard InChI is InChI=1S/C30H33F2NO8S/c1-14-9-17-18-12-20(31)19-11-16(34)5-7-27(19,3)29(18,32)23(35)13-28(17,4)30(14,26(38)42-22-6-8-39-25(22)37)40-24(36)21-10-15(2)33-41-21/h5,7,10-11,14,17-18,20,22-23,35H,6,8-9,12-13H2,1-4H3/t14-,17+,18+,20+,22+,23+,27+,28+,29+,30+/m1/s1. The van der Waals surface area contributed by atoms with E-state index in [-0.39, 0.29) is 43.6 Å². The second kappa shape index (κ2) is 9.57. The van der Waals surface area contributed by atoms with Crippen molar-refractivity contribution in [3.63, 3.8) is 0 Å². The Morgan fingerprint density at radius 2 is 1.95 bits per heavy atom. The Labute approximate surface area is 245 Å². The predicted molar refractivity (Wildman–Crippen MR) is 145 cm³/mol. The number of alkyl halides is 2. The number of esters is 2. The number of aliphatic hydroxyl groups excluding tert-OH is 1. The molecule has 12 heteroatoms. The minimum Gasteiger partial charge on any atom is -0.465 e. The van der Waals surface area contributed by atoms with Crippen molar-refractivity contribution in [1.29, 1.82) is 0 Å². The second-order valence-electron chi connectivity index (χ2n) is 12.8. The first-order valence-electron chi connectivity index (χ1n) is 14.2. The summed E-state index contributed by atoms with van der Waals surface area (Å²) >= 11 is 0.716. The van der Waals surface area contributed by atoms with Crippen molar-refractivity contribution in [3.8, 4) is 0 Å². The number of aliphatic hydroxyl groups is 1. The van der Waals surface area contributed by atoms with Crippen LogP contribution >= 0.6 is 11.8 Å². The number of nitrogens with zero attached hydrogens (tertiary/aromatic N) is 1. The number of ether oxygens (including phenoxy) is 2. The van der Waals surface area contributed by atoms with E-state index >= 15 is 8.78 Å². The molecule has 3 saturated carbocycles. The summed E-state index contributed by atoms with van der Waals surface area (Å²) in [4.78, 5) is 52.3. The van der Waals surface area contributed by atoms with Crippen LogP contribution in [0, 0.1) is 35.5 Å². The fourth-order valence-corrected chi connectivity index (χ4v) is 9.96. The number of aromatic nitrogens is 1. The molecule has 0 aromatic carbocycles. The zero-order valence-electron chi connectivity index (χ0n) is 23.7. The molecule has 1 N–H and O–H groups in total. The van der Waals surface area contributed by atoms with Gasteiger partial charge in [0.05, 0.1) is 18.4 Å². The lowest BCUT2D eigenvalue weighted by molar-refractivity contribution is -0.221. The second-order valence-corrected chi connectivity index (χ2v) is 14.0. The average Bonchev–Trinajstić information content (AvgIpc) is 3.60. The number of thioether (sulfide) groups is 1. The molecular formula is C30H33F2NO8S. The van der Waals surface area contributed by atoms with Crippen molar-refractivity contribution in [2.45, 2.75) is 82.2 Å². The molecule has 9 nitrogen and oxygen atoms in total. The molecule has 4 fully saturated rings. The molecule has 0 spiro atoms. The highest BCUT2D eigenvalue weighted by molar-refractivity contribution is 8.14. The van der Waals surface area contributed by atoms with E-state index in [1.807, 2.05) is 0 Å². The summed E-state index contributed by atoms with van der Waals surface area (Å²) in [5.74, 6) is -4.67. The number of aryl methyl sites for hydroxylation is 1. The number of rotatable bonds is 4. The van der Waals surface area contributed by atoms with Crippen LogP contribution < -0.4 is 0 Å². The first-order chi connectivity index (χ1) is 19.7. The highest BCUT2D eigenvalue weighted by Gasteiger charge is 2.78. The van der Waals surface area contributed by atoms with E-state index in [2.05, 4.69) is 5.16 Å². The summed E-state index contributed by atoms with van der Waals surface area (Å²) in [5, 5.41) is 14.0. The number of carbonyl (C=O) groups is 4. The zero-order valence-corrected chi connectivity index (χ0v) is 24.5. The SMILES string of the molecule is Cc1cc(C(=O)O[C@]2(C(=O)S[C@H]3CCOC3=O)[C@H](C)C[C@H]3[C@@H]4C[C@H](F)C5=CC(=O)C=C[C@]5(C)[C@@]4(F)[C@@H](O)C[C@@]32C)on1. The molecule has 0 amide bonds. The van der Waals surface area contributed by atoms with Crippen molar-refractivity contribution in [2.24, 2.45) is 28.6 Å². The van der Waals surface area contributed by atoms with Gasteiger partial charge in [0.2, 0.25) is 10.9 Å². The average molecular weight is 606 g/mol. The maximum absolute atomic E-state index is 17.6. The quantitative estimate of drug-likeness (QED) is 0.502. The van der Waals surface area contributed by atoms with Gasteiger partial charge in [-0.25, -0.2) is 13.6 Å². The normalized spacial score (nSPS) is 44.1. The van der Waals surface area contributed by atoms with Crippen LogP contribution in [0.5, 0.6) is 0 Å². The van der Waals surface area contributed by atoms with Gasteiger partial charge in [0, 0.05) is 35.2 Å². The Balaban J connectivity index is 1.46. The van der Waals surface area contributed by atoms with Crippen LogP contribution in [0.25, 0.3) is 0 Å². The molecule has 1 aliphatic heterocycles. The van der Waals surface area contributed by atoms with Gasteiger partial charge in [-0.15, -0.1) is 0 Å². The number of hydrogen-bond donors (Lipinski definition) is 1. The van der Waals surface area contributed by atoms with Gasteiger partial charge in [-0.2, -0.15) is 0 Å². The van der Waals surface area contributed by atoms with Crippen molar-refractivity contribution in [3.05, 3.63) is 41.3 Å². The van der Waals surface area contributed by atoms with E-state index in [0.717, 1.165) is 6.08 Å². The van der Waals surface area contributed by atoms with Gasteiger partial charge in [0.1, 0.15) is 11.4 Å².